The Bertz CT molecular complexity index is 4160. The Morgan fingerprint density at radius 2 is 0.765 bits per heavy atom. The number of fused-ring (bicyclic) bond motifs is 2. The molecular formula is C78H90N3O13P2Pd3S3-5. The fraction of sp³-hybridized carbons (Fsp3) is 0.205. The Labute approximate surface area is 650 Å². The molecule has 0 spiro atoms. The van der Waals surface area contributed by atoms with Crippen molar-refractivity contribution in [3.63, 3.8) is 0 Å². The molecule has 16 nitrogen and oxygen atoms in total. The molecule has 0 radical (unpaired) electrons. The number of benzene rings is 10. The van der Waals surface area contributed by atoms with Crippen molar-refractivity contribution in [3.8, 4) is 78.6 Å². The second kappa shape index (κ2) is 47.7. The van der Waals surface area contributed by atoms with E-state index in [4.69, 9.17) is 49.8 Å². The summed E-state index contributed by atoms with van der Waals surface area (Å²) < 4.78 is 101. The second-order valence-corrected chi connectivity index (χ2v) is 32.0. The second-order valence-electron chi connectivity index (χ2n) is 22.3. The maximum Gasteiger partial charge on any atom is 2.00 e. The quantitative estimate of drug-likeness (QED) is 0.0580. The number of rotatable bonds is 7. The van der Waals surface area contributed by atoms with Crippen molar-refractivity contribution in [1.82, 2.24) is 0 Å². The van der Waals surface area contributed by atoms with Gasteiger partial charge in [0.05, 0.1) is 46.1 Å². The first-order valence-electron chi connectivity index (χ1n) is 30.7. The van der Waals surface area contributed by atoms with Crippen LogP contribution in [0.15, 0.2) is 218 Å². The number of aryl methyl sites for hydroxylation is 2. The summed E-state index contributed by atoms with van der Waals surface area (Å²) >= 11 is 0. The minimum absolute atomic E-state index is 0. The first kappa shape index (κ1) is 95.4. The number of hydrogen-bond acceptors (Lipinski definition) is 10. The molecule has 0 fully saturated rings. The summed E-state index contributed by atoms with van der Waals surface area (Å²) in [6, 6.07) is 80.2. The van der Waals surface area contributed by atoms with Crippen molar-refractivity contribution >= 4 is 73.9 Å². The summed E-state index contributed by atoms with van der Waals surface area (Å²) in [5.41, 5.74) is 37.9. The number of methoxy groups -OCH3 is 2. The minimum Gasteiger partial charge on any atom is -0.706 e. The van der Waals surface area contributed by atoms with Crippen LogP contribution in [0.3, 0.4) is 0 Å². The zero-order chi connectivity index (χ0) is 74.1. The van der Waals surface area contributed by atoms with Gasteiger partial charge >= 0.3 is 20.4 Å². The normalized spacial score (nSPS) is 12.4. The zero-order valence-electron chi connectivity index (χ0n) is 59.2. The molecule has 24 heteroatoms. The molecule has 102 heavy (non-hydrogen) atoms. The van der Waals surface area contributed by atoms with Crippen LogP contribution in [0.1, 0.15) is 45.7 Å². The van der Waals surface area contributed by atoms with Crippen molar-refractivity contribution in [2.75, 3.05) is 52.3 Å². The van der Waals surface area contributed by atoms with E-state index in [0.29, 0.717) is 35.8 Å². The predicted octanol–water partition coefficient (Wildman–Crippen LogP) is 20.1. The molecular weight excluding hydrogens is 1660 g/mol. The van der Waals surface area contributed by atoms with Gasteiger partial charge in [0.2, 0.25) is 0 Å². The maximum absolute atomic E-state index is 9.19. The van der Waals surface area contributed by atoms with E-state index in [2.05, 4.69) is 122 Å². The van der Waals surface area contributed by atoms with Crippen molar-refractivity contribution in [2.24, 2.45) is 0 Å². The van der Waals surface area contributed by atoms with Crippen LogP contribution in [-0.4, -0.2) is 96.4 Å². The average molecular weight is 1750 g/mol. The number of nitrogens with one attached hydrogen (secondary N) is 3. The van der Waals surface area contributed by atoms with Gasteiger partial charge in [-0.15, -0.1) is 124 Å². The summed E-state index contributed by atoms with van der Waals surface area (Å²) in [7, 11) is -8.54. The molecule has 0 amide bonds. The third-order valence-corrected chi connectivity index (χ3v) is 18.7. The van der Waals surface area contributed by atoms with E-state index < -0.39 is 38.3 Å². The van der Waals surface area contributed by atoms with Gasteiger partial charge in [0.15, 0.2) is 12.1 Å². The predicted molar refractivity (Wildman–Crippen MR) is 416 cm³/mol. The molecule has 2 aliphatic rings. The molecule has 0 bridgehead atoms. The molecule has 10 aromatic rings. The topological polar surface area (TPSA) is 271 Å². The molecule has 558 valence electrons. The standard InChI is InChI=1S/C19H23O2P.C16H17O2P.3C12H9N.2C2H5.3CH4O3S.3Pd/c1-13-8-6-10-15(20-5)17(13)14-9-7-11-16-18(14)22(12-21-16)19(2,3)4;1-11-6-4-8-13(17-2)15(11)12-7-5-9-14-16(12)19(3)10-18-14;3*13-12-9-5-4-8-11(12)10-6-2-1-3-7-10;2*1-2;3*1-5(2,3)4;;;/h6-11H,12H2,1-5H3;4-9H,10H2,1-3H3;3*1-6,8-9,13H;2*1H2,2H3;3*1H3,(H,2,3,4);;;/q;;3*-2;2*-1;;;;;;+2/p+1. The monoisotopic (exact) mass is 1750 g/mol. The van der Waals surface area contributed by atoms with E-state index in [1.807, 2.05) is 152 Å². The van der Waals surface area contributed by atoms with Gasteiger partial charge in [-0.1, -0.05) is 115 Å². The average Bonchev–Trinajstić information content (AvgIpc) is 1.56. The van der Waals surface area contributed by atoms with E-state index in [1.54, 1.807) is 46.3 Å². The summed E-state index contributed by atoms with van der Waals surface area (Å²) in [5.74, 6) is 3.97. The third-order valence-electron chi connectivity index (χ3n) is 13.6. The molecule has 0 saturated carbocycles. The van der Waals surface area contributed by atoms with Gasteiger partial charge in [-0.25, -0.2) is 0 Å². The Balaban J connectivity index is 0.00000118. The summed E-state index contributed by atoms with van der Waals surface area (Å²) in [5, 5.41) is 3.06. The molecule has 6 N–H and O–H groups in total. The van der Waals surface area contributed by atoms with Crippen LogP contribution in [-0.2, 0) is 91.6 Å². The molecule has 2 atom stereocenters. The summed E-state index contributed by atoms with van der Waals surface area (Å²) in [4.78, 5) is 0. The molecule has 10 aromatic carbocycles. The molecule has 2 aliphatic heterocycles. The van der Waals surface area contributed by atoms with E-state index in [-0.39, 0.29) is 74.3 Å². The van der Waals surface area contributed by atoms with Crippen LogP contribution in [0.2, 0.25) is 0 Å². The van der Waals surface area contributed by atoms with Gasteiger partial charge in [-0.3, -0.25) is 13.7 Å². The molecule has 0 saturated heterocycles. The molecule has 2 unspecified atom stereocenters. The van der Waals surface area contributed by atoms with Gasteiger partial charge in [0.1, 0.15) is 28.9 Å². The zero-order valence-corrected chi connectivity index (χ0v) is 68.2. The van der Waals surface area contributed by atoms with E-state index in [1.165, 1.54) is 44.0 Å². The van der Waals surface area contributed by atoms with Crippen molar-refractivity contribution < 1.29 is 119 Å². The third kappa shape index (κ3) is 33.4. The maximum atomic E-state index is 9.19. The molecule has 0 aliphatic carbocycles. The molecule has 12 rings (SSSR count). The first-order chi connectivity index (χ1) is 46.8. The van der Waals surface area contributed by atoms with Crippen LogP contribution >= 0.6 is 15.8 Å². The summed E-state index contributed by atoms with van der Waals surface area (Å²) in [6.07, 6.45) is 3.83. The first-order valence-corrected chi connectivity index (χ1v) is 39.9. The Kier molecular flexibility index (Phi) is 44.6. The largest absolute Gasteiger partial charge is 2.00 e. The van der Waals surface area contributed by atoms with Gasteiger partial charge < -0.3 is 50.0 Å². The summed E-state index contributed by atoms with van der Waals surface area (Å²) in [6.45, 7) is 23.5. The van der Waals surface area contributed by atoms with Gasteiger partial charge in [0.25, 0.3) is 30.4 Å². The van der Waals surface area contributed by atoms with Crippen molar-refractivity contribution in [3.05, 3.63) is 279 Å². The molecule has 0 aromatic heterocycles. The van der Waals surface area contributed by atoms with Crippen molar-refractivity contribution in [2.45, 2.75) is 53.6 Å². The van der Waals surface area contributed by atoms with Gasteiger partial charge in [-0.05, 0) is 96.2 Å². The van der Waals surface area contributed by atoms with Crippen LogP contribution in [0, 0.1) is 45.9 Å². The Hall–Kier alpha value is -6.62. The van der Waals surface area contributed by atoms with E-state index >= 15 is 0 Å². The van der Waals surface area contributed by atoms with Gasteiger partial charge in [0, 0.05) is 62.8 Å². The SMILES string of the molecule is COc1cccc(C)c1-c1cccc2c1P(C)CO2.COc1cccc(C)c1-c1cccc2c1[PH+](C(C)(C)C)CO2.CS(=O)(=O)O.CS(=O)(=O)O.CS(=O)(=O)O.[CH2-]C.[CH2-]C.[NH-]c1ccccc1-c1[c-]cccc1.[NH-]c1ccccc1-c1[c-]cccc1.[NH-]c1ccccc1-c1[c-]cccc1.[Pd+2].[Pd].[Pd]. The fourth-order valence-corrected chi connectivity index (χ4v) is 13.8. The fourth-order valence-electron chi connectivity index (χ4n) is 9.60. The van der Waals surface area contributed by atoms with Crippen molar-refractivity contribution in [1.29, 1.82) is 0 Å². The van der Waals surface area contributed by atoms with E-state index in [9.17, 15) is 25.3 Å². The van der Waals surface area contributed by atoms with Crippen LogP contribution in [0.4, 0.5) is 17.1 Å². The number of ether oxygens (including phenoxy) is 4. The molecule has 2 heterocycles. The van der Waals surface area contributed by atoms with Crippen LogP contribution in [0.25, 0.3) is 72.8 Å². The van der Waals surface area contributed by atoms with Crippen LogP contribution in [0.5, 0.6) is 23.0 Å². The van der Waals surface area contributed by atoms with E-state index in [0.717, 1.165) is 69.1 Å². The smallest absolute Gasteiger partial charge is 0.706 e. The Morgan fingerprint density at radius 3 is 1.09 bits per heavy atom. The number of hydrogen-bond donors (Lipinski definition) is 3. The van der Waals surface area contributed by atoms with Crippen LogP contribution < -0.4 is 29.6 Å². The minimum atomic E-state index is -3.67. The Morgan fingerprint density at radius 1 is 0.461 bits per heavy atom. The van der Waals surface area contributed by atoms with Gasteiger partial charge in [-0.2, -0.15) is 56.2 Å².